The van der Waals surface area contributed by atoms with Crippen molar-refractivity contribution in [2.24, 2.45) is 0 Å². The number of aromatic nitrogens is 1. The predicted octanol–water partition coefficient (Wildman–Crippen LogP) is 2.32. The molecule has 1 aromatic heterocycles. The maximum atomic E-state index is 14.1. The van der Waals surface area contributed by atoms with Gasteiger partial charge in [0.15, 0.2) is 11.6 Å². The van der Waals surface area contributed by atoms with Gasteiger partial charge in [0.1, 0.15) is 5.56 Å². The first kappa shape index (κ1) is 18.0. The van der Waals surface area contributed by atoms with E-state index < -0.39 is 30.3 Å². The highest BCUT2D eigenvalue weighted by Gasteiger charge is 2.30. The van der Waals surface area contributed by atoms with E-state index in [0.29, 0.717) is 5.52 Å². The zero-order chi connectivity index (χ0) is 19.0. The Morgan fingerprint density at radius 2 is 1.96 bits per heavy atom. The van der Waals surface area contributed by atoms with Crippen LogP contribution in [0.2, 0.25) is 6.82 Å². The van der Waals surface area contributed by atoms with Crippen molar-refractivity contribution in [1.29, 1.82) is 0 Å². The van der Waals surface area contributed by atoms with Gasteiger partial charge in [-0.3, -0.25) is 9.59 Å². The first-order valence-electron chi connectivity index (χ1n) is 8.13. The lowest BCUT2D eigenvalue weighted by Gasteiger charge is -2.16. The van der Waals surface area contributed by atoms with Crippen LogP contribution in [0.4, 0.5) is 4.39 Å². The predicted molar refractivity (Wildman–Crippen MR) is 91.8 cm³/mol. The molecule has 0 spiro atoms. The molecule has 9 heteroatoms. The molecule has 0 N–H and O–H groups in total. The van der Waals surface area contributed by atoms with Gasteiger partial charge in [0.25, 0.3) is 5.97 Å². The van der Waals surface area contributed by atoms with Crippen LogP contribution >= 0.6 is 0 Å². The molecule has 136 valence electrons. The van der Waals surface area contributed by atoms with E-state index in [2.05, 4.69) is 0 Å². The molecule has 1 heterocycles. The third-order valence-corrected chi connectivity index (χ3v) is 4.07. The highest BCUT2D eigenvalue weighted by molar-refractivity contribution is 6.47. The topological polar surface area (TPSA) is 83.8 Å². The quantitative estimate of drug-likeness (QED) is 0.760. The Labute approximate surface area is 148 Å². The summed E-state index contributed by atoms with van der Waals surface area (Å²) >= 11 is 0. The van der Waals surface area contributed by atoms with Crippen molar-refractivity contribution < 1.29 is 28.0 Å². The molecule has 0 saturated heterocycles. The zero-order valence-corrected chi connectivity index (χ0v) is 14.6. The SMILES string of the molecule is COc1c(F)ccc2c(=O)c(C(=O)OB(C)OC(C)=O)cn(C3CC3)c12. The molecule has 0 unspecified atom stereocenters. The standard InChI is InChI=1S/C17H17BFNO6/c1-9(21)25-18(2)26-17(23)12-8-20(10-4-5-10)14-11(15(12)22)6-7-13(19)16(14)24-3/h6-8,10H,4-5H2,1-3H3. The summed E-state index contributed by atoms with van der Waals surface area (Å²) in [6.45, 7) is 2.55. The summed E-state index contributed by atoms with van der Waals surface area (Å²) in [4.78, 5) is 36.1. The zero-order valence-electron chi connectivity index (χ0n) is 14.6. The second-order valence-electron chi connectivity index (χ2n) is 6.07. The van der Waals surface area contributed by atoms with Gasteiger partial charge in [0, 0.05) is 19.2 Å². The van der Waals surface area contributed by atoms with Crippen molar-refractivity contribution in [1.82, 2.24) is 4.57 Å². The molecule has 1 fully saturated rings. The number of fused-ring (bicyclic) bond motifs is 1. The van der Waals surface area contributed by atoms with Crippen molar-refractivity contribution in [2.45, 2.75) is 32.6 Å². The molecule has 0 radical (unpaired) electrons. The number of nitrogens with zero attached hydrogens (tertiary/aromatic N) is 1. The number of benzene rings is 1. The smallest absolute Gasteiger partial charge is 0.500 e. The average molecular weight is 361 g/mol. The number of ether oxygens (including phenoxy) is 1. The van der Waals surface area contributed by atoms with E-state index in [1.54, 1.807) is 4.57 Å². The summed E-state index contributed by atoms with van der Waals surface area (Å²) in [5.41, 5.74) is -0.503. The Morgan fingerprint density at radius 1 is 1.27 bits per heavy atom. The molecule has 3 rings (SSSR count). The molecule has 26 heavy (non-hydrogen) atoms. The van der Waals surface area contributed by atoms with Crippen LogP contribution in [0.15, 0.2) is 23.1 Å². The lowest BCUT2D eigenvalue weighted by molar-refractivity contribution is -0.133. The van der Waals surface area contributed by atoms with Gasteiger partial charge >= 0.3 is 13.1 Å². The van der Waals surface area contributed by atoms with Crippen LogP contribution in [-0.2, 0) is 14.1 Å². The number of methoxy groups -OCH3 is 1. The van der Waals surface area contributed by atoms with Crippen molar-refractivity contribution >= 4 is 30.0 Å². The largest absolute Gasteiger partial charge is 0.595 e. The van der Waals surface area contributed by atoms with Crippen molar-refractivity contribution in [3.05, 3.63) is 39.9 Å². The van der Waals surface area contributed by atoms with Gasteiger partial charge in [-0.2, -0.15) is 0 Å². The van der Waals surface area contributed by atoms with Gasteiger partial charge in [0.2, 0.25) is 5.43 Å². The molecule has 2 aromatic rings. The van der Waals surface area contributed by atoms with E-state index in [-0.39, 0.29) is 22.7 Å². The van der Waals surface area contributed by atoms with Crippen molar-refractivity contribution in [3.63, 3.8) is 0 Å². The minimum Gasteiger partial charge on any atom is -0.500 e. The van der Waals surface area contributed by atoms with E-state index in [0.717, 1.165) is 18.9 Å². The van der Waals surface area contributed by atoms with Crippen LogP contribution in [0.5, 0.6) is 5.75 Å². The summed E-state index contributed by atoms with van der Waals surface area (Å²) in [6, 6.07) is 2.49. The number of pyridine rings is 1. The van der Waals surface area contributed by atoms with Gasteiger partial charge < -0.3 is 18.6 Å². The van der Waals surface area contributed by atoms with Crippen LogP contribution in [0.1, 0.15) is 36.2 Å². The second-order valence-corrected chi connectivity index (χ2v) is 6.07. The average Bonchev–Trinajstić information content (AvgIpc) is 3.39. The van der Waals surface area contributed by atoms with Crippen LogP contribution in [0.3, 0.4) is 0 Å². The first-order chi connectivity index (χ1) is 12.3. The summed E-state index contributed by atoms with van der Waals surface area (Å²) in [5.74, 6) is -2.16. The van der Waals surface area contributed by atoms with Crippen LogP contribution < -0.4 is 10.2 Å². The van der Waals surface area contributed by atoms with E-state index in [9.17, 15) is 18.8 Å². The first-order valence-corrected chi connectivity index (χ1v) is 8.13. The van der Waals surface area contributed by atoms with Gasteiger partial charge in [-0.1, -0.05) is 0 Å². The Hall–Kier alpha value is -2.84. The van der Waals surface area contributed by atoms with Gasteiger partial charge in [-0.15, -0.1) is 0 Å². The number of carbonyl (C=O) groups excluding carboxylic acids is 2. The summed E-state index contributed by atoms with van der Waals surface area (Å²) in [5, 5.41) is 0.157. The van der Waals surface area contributed by atoms with Crippen LogP contribution in [-0.4, -0.2) is 30.7 Å². The molecular formula is C17H17BFNO6. The highest BCUT2D eigenvalue weighted by atomic mass is 19.1. The van der Waals surface area contributed by atoms with Gasteiger partial charge in [-0.05, 0) is 31.8 Å². The maximum Gasteiger partial charge on any atom is 0.595 e. The number of halogens is 1. The fraction of sp³-hybridized carbons (Fsp3) is 0.353. The lowest BCUT2D eigenvalue weighted by Crippen LogP contribution is -2.28. The van der Waals surface area contributed by atoms with E-state index in [1.807, 2.05) is 0 Å². The third-order valence-electron chi connectivity index (χ3n) is 4.07. The highest BCUT2D eigenvalue weighted by Crippen LogP contribution is 2.39. The van der Waals surface area contributed by atoms with Gasteiger partial charge in [0.05, 0.1) is 18.0 Å². The normalized spacial score (nSPS) is 13.4. The lowest BCUT2D eigenvalue weighted by atomic mass is 9.95. The summed E-state index contributed by atoms with van der Waals surface area (Å²) < 4.78 is 30.7. The Balaban J connectivity index is 2.12. The summed E-state index contributed by atoms with van der Waals surface area (Å²) in [7, 11) is 0.190. The second kappa shape index (κ2) is 6.82. The number of hydrogen-bond acceptors (Lipinski definition) is 6. The van der Waals surface area contributed by atoms with E-state index in [1.165, 1.54) is 33.1 Å². The molecular weight excluding hydrogens is 344 g/mol. The third kappa shape index (κ3) is 3.29. The fourth-order valence-electron chi connectivity index (χ4n) is 2.85. The van der Waals surface area contributed by atoms with Gasteiger partial charge in [-0.25, -0.2) is 9.18 Å². The van der Waals surface area contributed by atoms with E-state index >= 15 is 0 Å². The number of hydrogen-bond donors (Lipinski definition) is 0. The summed E-state index contributed by atoms with van der Waals surface area (Å²) in [6.07, 6.45) is 3.04. The molecule has 1 aromatic carbocycles. The minimum absolute atomic E-state index is 0.0419. The Kier molecular flexibility index (Phi) is 4.71. The van der Waals surface area contributed by atoms with E-state index in [4.69, 9.17) is 14.0 Å². The molecule has 7 nitrogen and oxygen atoms in total. The monoisotopic (exact) mass is 361 g/mol. The fourth-order valence-corrected chi connectivity index (χ4v) is 2.85. The molecule has 1 aliphatic carbocycles. The van der Waals surface area contributed by atoms with Crippen LogP contribution in [0, 0.1) is 5.82 Å². The van der Waals surface area contributed by atoms with Crippen molar-refractivity contribution in [3.8, 4) is 5.75 Å². The number of rotatable bonds is 5. The molecule has 1 aliphatic rings. The Morgan fingerprint density at radius 3 is 2.54 bits per heavy atom. The Bertz CT molecular complexity index is 952. The number of carbonyl (C=O) groups is 2. The molecule has 0 bridgehead atoms. The molecule has 1 saturated carbocycles. The molecule has 0 aliphatic heterocycles. The molecule has 0 amide bonds. The molecule has 0 atom stereocenters. The maximum absolute atomic E-state index is 14.1. The minimum atomic E-state index is -1.13. The van der Waals surface area contributed by atoms with Crippen LogP contribution in [0.25, 0.3) is 10.9 Å². The van der Waals surface area contributed by atoms with Crippen molar-refractivity contribution in [2.75, 3.05) is 7.11 Å².